The molecule has 0 bridgehead atoms. The highest BCUT2D eigenvalue weighted by Crippen LogP contribution is 2.28. The number of rotatable bonds is 4. The molecule has 1 aromatic rings. The summed E-state index contributed by atoms with van der Waals surface area (Å²) in [5.41, 5.74) is 1.24. The summed E-state index contributed by atoms with van der Waals surface area (Å²) >= 11 is 0. The molecule has 0 aliphatic heterocycles. The second kappa shape index (κ2) is 5.95. The maximum Gasteiger partial charge on any atom is 0.272 e. The number of aryl methyl sites for hydroxylation is 1. The van der Waals surface area contributed by atoms with Crippen LogP contribution in [0.4, 0.5) is 5.69 Å². The van der Waals surface area contributed by atoms with E-state index in [1.807, 2.05) is 0 Å². The number of carbonyl (C=O) groups is 1. The second-order valence-corrected chi connectivity index (χ2v) is 5.39. The van der Waals surface area contributed by atoms with Gasteiger partial charge in [-0.1, -0.05) is 32.1 Å². The standard InChI is InChI=1S/C15H19NO3/c1-11-9-13(7-8-14(11)16(18)19)15(17)10-12-5-3-2-4-6-12/h7-9,12H,2-6,10H2,1H3. The first-order chi connectivity index (χ1) is 9.08. The smallest absolute Gasteiger partial charge is 0.272 e. The Morgan fingerprint density at radius 2 is 2.00 bits per heavy atom. The van der Waals surface area contributed by atoms with Crippen LogP contribution in [-0.2, 0) is 0 Å². The maximum atomic E-state index is 12.2. The van der Waals surface area contributed by atoms with Crippen LogP contribution in [0.25, 0.3) is 0 Å². The van der Waals surface area contributed by atoms with E-state index in [4.69, 9.17) is 0 Å². The fourth-order valence-electron chi connectivity index (χ4n) is 2.81. The summed E-state index contributed by atoms with van der Waals surface area (Å²) in [4.78, 5) is 22.5. The van der Waals surface area contributed by atoms with Gasteiger partial charge in [-0.15, -0.1) is 0 Å². The molecule has 0 atom stereocenters. The molecule has 102 valence electrons. The summed E-state index contributed by atoms with van der Waals surface area (Å²) in [7, 11) is 0. The predicted octanol–water partition coefficient (Wildman–Crippen LogP) is 4.06. The quantitative estimate of drug-likeness (QED) is 0.466. The minimum atomic E-state index is -0.412. The number of benzene rings is 1. The first-order valence-electron chi connectivity index (χ1n) is 6.86. The number of ketones is 1. The predicted molar refractivity (Wildman–Crippen MR) is 73.4 cm³/mol. The Morgan fingerprint density at radius 1 is 1.32 bits per heavy atom. The molecule has 1 fully saturated rings. The van der Waals surface area contributed by atoms with E-state index >= 15 is 0 Å². The van der Waals surface area contributed by atoms with Crippen molar-refractivity contribution >= 4 is 11.5 Å². The molecule has 1 aliphatic rings. The maximum absolute atomic E-state index is 12.2. The van der Waals surface area contributed by atoms with Gasteiger partial charge < -0.3 is 0 Å². The third-order valence-corrected chi connectivity index (χ3v) is 3.91. The third-order valence-electron chi connectivity index (χ3n) is 3.91. The minimum Gasteiger partial charge on any atom is -0.294 e. The molecule has 1 aliphatic carbocycles. The summed E-state index contributed by atoms with van der Waals surface area (Å²) in [6.45, 7) is 1.68. The van der Waals surface area contributed by atoms with Crippen LogP contribution in [0.5, 0.6) is 0 Å². The molecule has 0 amide bonds. The number of hydrogen-bond donors (Lipinski definition) is 0. The van der Waals surface area contributed by atoms with Crippen molar-refractivity contribution in [1.82, 2.24) is 0 Å². The van der Waals surface area contributed by atoms with Gasteiger partial charge in [0.05, 0.1) is 4.92 Å². The molecule has 4 nitrogen and oxygen atoms in total. The van der Waals surface area contributed by atoms with Gasteiger partial charge in [-0.2, -0.15) is 0 Å². The zero-order valence-electron chi connectivity index (χ0n) is 11.2. The van der Waals surface area contributed by atoms with Crippen molar-refractivity contribution in [2.24, 2.45) is 5.92 Å². The Kier molecular flexibility index (Phi) is 4.30. The normalized spacial score (nSPS) is 16.3. The molecule has 0 unspecified atom stereocenters. The fraction of sp³-hybridized carbons (Fsp3) is 0.533. The number of nitro groups is 1. The van der Waals surface area contributed by atoms with E-state index in [-0.39, 0.29) is 11.5 Å². The minimum absolute atomic E-state index is 0.0780. The molecule has 0 spiro atoms. The Bertz CT molecular complexity index is 490. The highest BCUT2D eigenvalue weighted by atomic mass is 16.6. The molecule has 1 saturated carbocycles. The number of hydrogen-bond acceptors (Lipinski definition) is 3. The van der Waals surface area contributed by atoms with E-state index in [0.29, 0.717) is 23.5 Å². The lowest BCUT2D eigenvalue weighted by molar-refractivity contribution is -0.385. The topological polar surface area (TPSA) is 60.2 Å². The zero-order chi connectivity index (χ0) is 13.8. The number of nitrogens with zero attached hydrogens (tertiary/aromatic N) is 1. The molecule has 0 aromatic heterocycles. The molecule has 2 rings (SSSR count). The largest absolute Gasteiger partial charge is 0.294 e. The average molecular weight is 261 g/mol. The Hall–Kier alpha value is -1.71. The number of Topliss-reactive ketones (excluding diaryl/α,β-unsaturated/α-hetero) is 1. The molecule has 0 saturated heterocycles. The molecule has 0 radical (unpaired) electrons. The van der Waals surface area contributed by atoms with E-state index in [0.717, 1.165) is 12.8 Å². The summed E-state index contributed by atoms with van der Waals surface area (Å²) in [6.07, 6.45) is 6.57. The van der Waals surface area contributed by atoms with Gasteiger partial charge in [-0.3, -0.25) is 14.9 Å². The highest BCUT2D eigenvalue weighted by molar-refractivity contribution is 5.96. The summed E-state index contributed by atoms with van der Waals surface area (Å²) < 4.78 is 0. The monoisotopic (exact) mass is 261 g/mol. The molecule has 0 N–H and O–H groups in total. The van der Waals surface area contributed by atoms with Crippen molar-refractivity contribution in [3.05, 3.63) is 39.4 Å². The lowest BCUT2D eigenvalue weighted by Crippen LogP contribution is -2.12. The first kappa shape index (κ1) is 13.7. The van der Waals surface area contributed by atoms with Gasteiger partial charge in [-0.25, -0.2) is 0 Å². The van der Waals surface area contributed by atoms with Gasteiger partial charge in [0.1, 0.15) is 0 Å². The number of nitro benzene ring substituents is 1. The van der Waals surface area contributed by atoms with Crippen LogP contribution in [0.15, 0.2) is 18.2 Å². The molecule has 4 heteroatoms. The summed E-state index contributed by atoms with van der Waals surface area (Å²) in [6, 6.07) is 4.66. The van der Waals surface area contributed by atoms with E-state index in [1.54, 1.807) is 19.1 Å². The van der Waals surface area contributed by atoms with Crippen molar-refractivity contribution in [1.29, 1.82) is 0 Å². The van der Waals surface area contributed by atoms with Crippen LogP contribution in [0.1, 0.15) is 54.4 Å². The van der Waals surface area contributed by atoms with E-state index in [1.165, 1.54) is 25.3 Å². The fourth-order valence-corrected chi connectivity index (χ4v) is 2.81. The van der Waals surface area contributed by atoms with Crippen LogP contribution in [0.3, 0.4) is 0 Å². The second-order valence-electron chi connectivity index (χ2n) is 5.39. The lowest BCUT2D eigenvalue weighted by atomic mass is 9.84. The average Bonchev–Trinajstić information content (AvgIpc) is 2.39. The molecular formula is C15H19NO3. The van der Waals surface area contributed by atoms with Crippen LogP contribution in [0, 0.1) is 23.0 Å². The van der Waals surface area contributed by atoms with Crippen LogP contribution >= 0.6 is 0 Å². The number of carbonyl (C=O) groups excluding carboxylic acids is 1. The zero-order valence-corrected chi connectivity index (χ0v) is 11.2. The van der Waals surface area contributed by atoms with Gasteiger partial charge >= 0.3 is 0 Å². The van der Waals surface area contributed by atoms with E-state index in [2.05, 4.69) is 0 Å². The molecule has 0 heterocycles. The van der Waals surface area contributed by atoms with Gasteiger partial charge in [0, 0.05) is 23.6 Å². The molecule has 1 aromatic carbocycles. The van der Waals surface area contributed by atoms with E-state index < -0.39 is 4.92 Å². The van der Waals surface area contributed by atoms with Gasteiger partial charge in [-0.05, 0) is 25.0 Å². The SMILES string of the molecule is Cc1cc(C(=O)CC2CCCCC2)ccc1[N+](=O)[O-]. The van der Waals surface area contributed by atoms with Crippen molar-refractivity contribution in [2.45, 2.75) is 45.4 Å². The first-order valence-corrected chi connectivity index (χ1v) is 6.86. The van der Waals surface area contributed by atoms with Crippen molar-refractivity contribution in [3.63, 3.8) is 0 Å². The third kappa shape index (κ3) is 3.40. The van der Waals surface area contributed by atoms with Gasteiger partial charge in [0.15, 0.2) is 5.78 Å². The van der Waals surface area contributed by atoms with E-state index in [9.17, 15) is 14.9 Å². The molecular weight excluding hydrogens is 242 g/mol. The summed E-state index contributed by atoms with van der Waals surface area (Å²) in [5.74, 6) is 0.613. The van der Waals surface area contributed by atoms with Crippen LogP contribution < -0.4 is 0 Å². The van der Waals surface area contributed by atoms with Crippen molar-refractivity contribution in [2.75, 3.05) is 0 Å². The Balaban J connectivity index is 2.06. The van der Waals surface area contributed by atoms with Gasteiger partial charge in [0.25, 0.3) is 5.69 Å². The van der Waals surface area contributed by atoms with Crippen LogP contribution in [-0.4, -0.2) is 10.7 Å². The van der Waals surface area contributed by atoms with Gasteiger partial charge in [0.2, 0.25) is 0 Å². The van der Waals surface area contributed by atoms with Crippen molar-refractivity contribution in [3.8, 4) is 0 Å². The lowest BCUT2D eigenvalue weighted by Gasteiger charge is -2.20. The van der Waals surface area contributed by atoms with Crippen LogP contribution in [0.2, 0.25) is 0 Å². The Morgan fingerprint density at radius 3 is 2.58 bits per heavy atom. The highest BCUT2D eigenvalue weighted by Gasteiger charge is 2.19. The van der Waals surface area contributed by atoms with Crippen molar-refractivity contribution < 1.29 is 9.72 Å². The summed E-state index contributed by atoms with van der Waals surface area (Å²) in [5, 5.41) is 10.7. The Labute approximate surface area is 113 Å². The molecule has 19 heavy (non-hydrogen) atoms.